The highest BCUT2D eigenvalue weighted by Crippen LogP contribution is 2.19. The third kappa shape index (κ3) is 3.37. The lowest BCUT2D eigenvalue weighted by Crippen LogP contribution is -2.26. The second kappa shape index (κ2) is 5.64. The number of benzene rings is 1. The van der Waals surface area contributed by atoms with Gasteiger partial charge in [0.1, 0.15) is 6.26 Å². The lowest BCUT2D eigenvalue weighted by atomic mass is 10.1. The Morgan fingerprint density at radius 2 is 1.95 bits per heavy atom. The number of nitrogens with zero attached hydrogens (tertiary/aromatic N) is 1. The summed E-state index contributed by atoms with van der Waals surface area (Å²) in [5.74, 6) is -0.375. The molecule has 0 aliphatic rings. The molecule has 1 heterocycles. The van der Waals surface area contributed by atoms with Crippen molar-refractivity contribution in [3.8, 4) is 0 Å². The van der Waals surface area contributed by atoms with Crippen molar-refractivity contribution in [1.29, 1.82) is 0 Å². The van der Waals surface area contributed by atoms with E-state index in [1.54, 1.807) is 19.1 Å². The van der Waals surface area contributed by atoms with Gasteiger partial charge in [0.05, 0.1) is 10.9 Å². The maximum absolute atomic E-state index is 11.8. The van der Waals surface area contributed by atoms with Gasteiger partial charge in [0.2, 0.25) is 0 Å². The predicted octanol–water partition coefficient (Wildman–Crippen LogP) is 2.09. The molecule has 2 aromatic rings. The molecule has 6 nitrogen and oxygen atoms in total. The number of rotatable bonds is 4. The molecular weight excluding hydrogens is 304 g/mol. The Kier molecular flexibility index (Phi) is 4.10. The van der Waals surface area contributed by atoms with Crippen molar-refractivity contribution in [3.63, 3.8) is 0 Å². The first-order valence-corrected chi connectivity index (χ1v) is 7.95. The van der Waals surface area contributed by atoms with Crippen LogP contribution in [-0.4, -0.2) is 19.5 Å². The normalized spacial score (nSPS) is 12.9. The van der Waals surface area contributed by atoms with E-state index in [0.717, 1.165) is 5.56 Å². The summed E-state index contributed by atoms with van der Waals surface area (Å²) in [4.78, 5) is 11.8. The topological polar surface area (TPSA) is 89.3 Å². The fourth-order valence-corrected chi connectivity index (χ4v) is 2.37. The van der Waals surface area contributed by atoms with E-state index in [4.69, 9.17) is 10.7 Å². The minimum absolute atomic E-state index is 0.0120. The zero-order chi connectivity index (χ0) is 14.8. The van der Waals surface area contributed by atoms with Crippen molar-refractivity contribution >= 4 is 25.6 Å². The first-order chi connectivity index (χ1) is 9.38. The summed E-state index contributed by atoms with van der Waals surface area (Å²) in [5.41, 5.74) is 0.919. The molecule has 0 spiro atoms. The molecule has 1 aromatic carbocycles. The molecule has 1 atom stereocenters. The number of amides is 1. The number of aromatic nitrogens is 1. The van der Waals surface area contributed by atoms with E-state index in [9.17, 15) is 13.2 Å². The van der Waals surface area contributed by atoms with Gasteiger partial charge in [0.25, 0.3) is 15.0 Å². The van der Waals surface area contributed by atoms with E-state index < -0.39 is 9.05 Å². The number of hydrogen-bond donors (Lipinski definition) is 1. The molecule has 20 heavy (non-hydrogen) atoms. The third-order valence-corrected chi connectivity index (χ3v) is 4.05. The van der Waals surface area contributed by atoms with Crippen LogP contribution in [0.4, 0.5) is 0 Å². The summed E-state index contributed by atoms with van der Waals surface area (Å²) < 4.78 is 26.8. The van der Waals surface area contributed by atoms with Gasteiger partial charge >= 0.3 is 0 Å². The molecule has 0 aliphatic heterocycles. The van der Waals surface area contributed by atoms with Gasteiger partial charge in [-0.3, -0.25) is 4.79 Å². The fraction of sp³-hybridized carbons (Fsp3) is 0.167. The van der Waals surface area contributed by atoms with E-state index in [0.29, 0.717) is 0 Å². The average Bonchev–Trinajstić information content (AvgIpc) is 2.91. The van der Waals surface area contributed by atoms with Crippen LogP contribution in [-0.2, 0) is 9.05 Å². The third-order valence-electron chi connectivity index (χ3n) is 2.68. The predicted molar refractivity (Wildman–Crippen MR) is 71.9 cm³/mol. The minimum Gasteiger partial charge on any atom is -0.364 e. The highest BCUT2D eigenvalue weighted by atomic mass is 35.7. The monoisotopic (exact) mass is 314 g/mol. The lowest BCUT2D eigenvalue weighted by Gasteiger charge is -2.13. The number of carbonyl (C=O) groups excluding carboxylic acids is 1. The molecule has 0 fully saturated rings. The summed E-state index contributed by atoms with van der Waals surface area (Å²) in [5, 5.41) is 6.24. The van der Waals surface area contributed by atoms with Crippen LogP contribution in [0, 0.1) is 0 Å². The SMILES string of the molecule is CC(NC(=O)c1ccon1)c1ccc(S(=O)(=O)Cl)cc1. The molecular formula is C12H11ClN2O4S. The van der Waals surface area contributed by atoms with Gasteiger partial charge in [-0.25, -0.2) is 8.42 Å². The Morgan fingerprint density at radius 1 is 1.30 bits per heavy atom. The number of carbonyl (C=O) groups is 1. The summed E-state index contributed by atoms with van der Waals surface area (Å²) >= 11 is 0. The summed E-state index contributed by atoms with van der Waals surface area (Å²) in [6.07, 6.45) is 1.31. The van der Waals surface area contributed by atoms with Crippen LogP contribution in [0.5, 0.6) is 0 Å². The Labute approximate surface area is 120 Å². The van der Waals surface area contributed by atoms with E-state index in [-0.39, 0.29) is 22.5 Å². The molecule has 0 aliphatic carbocycles. The molecule has 0 saturated carbocycles. The van der Waals surface area contributed by atoms with Gasteiger partial charge in [0.15, 0.2) is 5.69 Å². The standard InChI is InChI=1S/C12H11ClN2O4S/c1-8(14-12(16)11-6-7-19-15-11)9-2-4-10(5-3-9)20(13,17)18/h2-8H,1H3,(H,14,16). The summed E-state index contributed by atoms with van der Waals surface area (Å²) in [6.45, 7) is 1.77. The molecule has 1 unspecified atom stereocenters. The summed E-state index contributed by atoms with van der Waals surface area (Å²) in [7, 11) is 1.48. The molecule has 0 saturated heterocycles. The van der Waals surface area contributed by atoms with Gasteiger partial charge in [0, 0.05) is 16.7 Å². The zero-order valence-corrected chi connectivity index (χ0v) is 12.0. The van der Waals surface area contributed by atoms with Crippen molar-refractivity contribution in [3.05, 3.63) is 47.9 Å². The quantitative estimate of drug-likeness (QED) is 0.873. The van der Waals surface area contributed by atoms with Gasteiger partial charge in [-0.05, 0) is 24.6 Å². The van der Waals surface area contributed by atoms with Crippen molar-refractivity contribution in [2.75, 3.05) is 0 Å². The van der Waals surface area contributed by atoms with Gasteiger partial charge in [-0.2, -0.15) is 0 Å². The first kappa shape index (κ1) is 14.5. The van der Waals surface area contributed by atoms with Crippen LogP contribution in [0.1, 0.15) is 29.0 Å². The number of halogens is 1. The van der Waals surface area contributed by atoms with Crippen molar-refractivity contribution < 1.29 is 17.7 Å². The number of nitrogens with one attached hydrogen (secondary N) is 1. The maximum Gasteiger partial charge on any atom is 0.273 e. The van der Waals surface area contributed by atoms with Crippen LogP contribution < -0.4 is 5.32 Å². The molecule has 1 aromatic heterocycles. The molecule has 106 valence electrons. The second-order valence-electron chi connectivity index (χ2n) is 4.09. The lowest BCUT2D eigenvalue weighted by molar-refractivity contribution is 0.0930. The van der Waals surface area contributed by atoms with Crippen LogP contribution >= 0.6 is 10.7 Å². The van der Waals surface area contributed by atoms with Crippen LogP contribution in [0.2, 0.25) is 0 Å². The zero-order valence-electron chi connectivity index (χ0n) is 10.4. The van der Waals surface area contributed by atoms with E-state index in [2.05, 4.69) is 15.0 Å². The van der Waals surface area contributed by atoms with Gasteiger partial charge < -0.3 is 9.84 Å². The van der Waals surface area contributed by atoms with E-state index >= 15 is 0 Å². The average molecular weight is 315 g/mol. The Bertz CT molecular complexity index is 696. The van der Waals surface area contributed by atoms with Gasteiger partial charge in [-0.1, -0.05) is 17.3 Å². The highest BCUT2D eigenvalue weighted by Gasteiger charge is 2.15. The Morgan fingerprint density at radius 3 is 2.45 bits per heavy atom. The molecule has 1 amide bonds. The highest BCUT2D eigenvalue weighted by molar-refractivity contribution is 8.13. The molecule has 1 N–H and O–H groups in total. The molecule has 0 radical (unpaired) electrons. The minimum atomic E-state index is -3.74. The van der Waals surface area contributed by atoms with Gasteiger partial charge in [-0.15, -0.1) is 0 Å². The maximum atomic E-state index is 11.8. The van der Waals surface area contributed by atoms with Crippen LogP contribution in [0.3, 0.4) is 0 Å². The largest absolute Gasteiger partial charge is 0.364 e. The smallest absolute Gasteiger partial charge is 0.273 e. The first-order valence-electron chi connectivity index (χ1n) is 5.64. The van der Waals surface area contributed by atoms with Crippen molar-refractivity contribution in [2.45, 2.75) is 17.9 Å². The van der Waals surface area contributed by atoms with Crippen LogP contribution in [0.25, 0.3) is 0 Å². The number of hydrogen-bond acceptors (Lipinski definition) is 5. The second-order valence-corrected chi connectivity index (χ2v) is 6.65. The molecule has 8 heteroatoms. The Balaban J connectivity index is 2.10. The van der Waals surface area contributed by atoms with Crippen molar-refractivity contribution in [1.82, 2.24) is 10.5 Å². The van der Waals surface area contributed by atoms with Crippen LogP contribution in [0.15, 0.2) is 46.0 Å². The summed E-state index contributed by atoms with van der Waals surface area (Å²) in [6, 6.07) is 7.08. The molecule has 0 bridgehead atoms. The Hall–Kier alpha value is -1.86. The molecule has 2 rings (SSSR count). The fourth-order valence-electron chi connectivity index (χ4n) is 1.60. The van der Waals surface area contributed by atoms with Crippen molar-refractivity contribution in [2.24, 2.45) is 0 Å². The van der Waals surface area contributed by atoms with E-state index in [1.165, 1.54) is 24.5 Å². The van der Waals surface area contributed by atoms with E-state index in [1.807, 2.05) is 0 Å².